The molecule has 6 heteroatoms. The summed E-state index contributed by atoms with van der Waals surface area (Å²) in [5, 5.41) is 8.23. The molecule has 2 aromatic carbocycles. The maximum atomic E-state index is 12.5. The number of Topliss-reactive ketones (excluding diaryl/α,β-unsaturated/α-hetero) is 1. The molecule has 0 spiro atoms. The summed E-state index contributed by atoms with van der Waals surface area (Å²) in [6.07, 6.45) is 0. The molecule has 1 heterocycles. The first-order valence-corrected chi connectivity index (χ1v) is 9.08. The Morgan fingerprint density at radius 1 is 1.12 bits per heavy atom. The van der Waals surface area contributed by atoms with Crippen LogP contribution in [-0.2, 0) is 0 Å². The van der Waals surface area contributed by atoms with Gasteiger partial charge < -0.3 is 4.42 Å². The van der Waals surface area contributed by atoms with Crippen LogP contribution in [0.25, 0.3) is 11.5 Å². The Morgan fingerprint density at radius 2 is 1.83 bits per heavy atom. The highest BCUT2D eigenvalue weighted by molar-refractivity contribution is 9.10. The summed E-state index contributed by atoms with van der Waals surface area (Å²) >= 11 is 4.64. The van der Waals surface area contributed by atoms with Crippen molar-refractivity contribution in [3.8, 4) is 11.5 Å². The number of thioether (sulfide) groups is 1. The fourth-order valence-corrected chi connectivity index (χ4v) is 3.26. The molecule has 0 aliphatic rings. The zero-order valence-corrected chi connectivity index (χ0v) is 15.6. The van der Waals surface area contributed by atoms with Crippen LogP contribution in [-0.4, -0.2) is 21.2 Å². The summed E-state index contributed by atoms with van der Waals surface area (Å²) in [5.41, 5.74) is 2.64. The third kappa shape index (κ3) is 3.76. The predicted octanol–water partition coefficient (Wildman–Crippen LogP) is 5.17. The van der Waals surface area contributed by atoms with Crippen molar-refractivity contribution < 1.29 is 9.21 Å². The van der Waals surface area contributed by atoms with Crippen LogP contribution in [0, 0.1) is 6.92 Å². The van der Waals surface area contributed by atoms with Crippen LogP contribution in [0.5, 0.6) is 0 Å². The lowest BCUT2D eigenvalue weighted by Crippen LogP contribution is -2.13. The average molecular weight is 403 g/mol. The second kappa shape index (κ2) is 7.32. The summed E-state index contributed by atoms with van der Waals surface area (Å²) in [5.74, 6) is 0.502. The Morgan fingerprint density at radius 3 is 2.54 bits per heavy atom. The van der Waals surface area contributed by atoms with E-state index in [1.165, 1.54) is 11.8 Å². The monoisotopic (exact) mass is 402 g/mol. The molecule has 122 valence electrons. The van der Waals surface area contributed by atoms with Gasteiger partial charge in [0.1, 0.15) is 0 Å². The first kappa shape index (κ1) is 16.9. The number of hydrogen-bond acceptors (Lipinski definition) is 5. The van der Waals surface area contributed by atoms with Gasteiger partial charge in [-0.3, -0.25) is 4.79 Å². The molecular formula is C18H15BrN2O2S. The Hall–Kier alpha value is -1.92. The Kier molecular flexibility index (Phi) is 5.16. The molecule has 1 unspecified atom stereocenters. The fourth-order valence-electron chi connectivity index (χ4n) is 2.23. The van der Waals surface area contributed by atoms with Crippen molar-refractivity contribution in [2.45, 2.75) is 24.3 Å². The maximum Gasteiger partial charge on any atom is 0.277 e. The van der Waals surface area contributed by atoms with Gasteiger partial charge in [-0.15, -0.1) is 10.2 Å². The minimum atomic E-state index is -0.309. The first-order chi connectivity index (χ1) is 11.5. The van der Waals surface area contributed by atoms with Gasteiger partial charge in [-0.1, -0.05) is 58.0 Å². The number of aromatic nitrogens is 2. The smallest absolute Gasteiger partial charge is 0.277 e. The molecule has 4 nitrogen and oxygen atoms in total. The van der Waals surface area contributed by atoms with E-state index in [0.29, 0.717) is 16.7 Å². The summed E-state index contributed by atoms with van der Waals surface area (Å²) in [4.78, 5) is 12.5. The van der Waals surface area contributed by atoms with Gasteiger partial charge in [-0.05, 0) is 37.6 Å². The molecule has 3 aromatic rings. The number of benzene rings is 2. The van der Waals surface area contributed by atoms with Crippen LogP contribution in [0.3, 0.4) is 0 Å². The van der Waals surface area contributed by atoms with Crippen molar-refractivity contribution in [3.05, 3.63) is 64.1 Å². The van der Waals surface area contributed by atoms with E-state index >= 15 is 0 Å². The van der Waals surface area contributed by atoms with E-state index in [4.69, 9.17) is 4.42 Å². The molecule has 0 radical (unpaired) electrons. The van der Waals surface area contributed by atoms with E-state index < -0.39 is 0 Å². The molecule has 0 aliphatic heterocycles. The highest BCUT2D eigenvalue weighted by Gasteiger charge is 2.20. The maximum absolute atomic E-state index is 12.5. The molecule has 3 rings (SSSR count). The normalized spacial score (nSPS) is 12.1. The standard InChI is InChI=1S/C18H15BrN2O2S/c1-11-5-3-4-6-15(11)17-20-21-18(23-17)24-12(2)16(22)13-7-9-14(19)10-8-13/h3-10,12H,1-2H3. The van der Waals surface area contributed by atoms with Crippen molar-refractivity contribution in [2.24, 2.45) is 0 Å². The molecule has 0 saturated heterocycles. The third-order valence-corrected chi connectivity index (χ3v) is 5.02. The number of ketones is 1. The SMILES string of the molecule is Cc1ccccc1-c1nnc(SC(C)C(=O)c2ccc(Br)cc2)o1. The number of aryl methyl sites for hydroxylation is 1. The second-order valence-corrected chi connectivity index (χ2v) is 7.53. The molecule has 0 N–H and O–H groups in total. The van der Waals surface area contributed by atoms with E-state index in [0.717, 1.165) is 15.6 Å². The lowest BCUT2D eigenvalue weighted by molar-refractivity contribution is 0.0993. The van der Waals surface area contributed by atoms with Crippen LogP contribution in [0.1, 0.15) is 22.8 Å². The first-order valence-electron chi connectivity index (χ1n) is 7.40. The largest absolute Gasteiger partial charge is 0.411 e. The lowest BCUT2D eigenvalue weighted by Gasteiger charge is -2.07. The minimum Gasteiger partial charge on any atom is -0.411 e. The molecule has 1 atom stereocenters. The average Bonchev–Trinajstić information content (AvgIpc) is 3.03. The molecule has 1 aromatic heterocycles. The van der Waals surface area contributed by atoms with E-state index in [-0.39, 0.29) is 11.0 Å². The predicted molar refractivity (Wildman–Crippen MR) is 98.3 cm³/mol. The lowest BCUT2D eigenvalue weighted by atomic mass is 10.1. The van der Waals surface area contributed by atoms with Gasteiger partial charge in [0.25, 0.3) is 5.22 Å². The molecule has 0 saturated carbocycles. The quantitative estimate of drug-likeness (QED) is 0.435. The zero-order valence-electron chi connectivity index (χ0n) is 13.2. The highest BCUT2D eigenvalue weighted by Crippen LogP contribution is 2.29. The molecule has 0 aliphatic carbocycles. The number of rotatable bonds is 5. The number of halogens is 1. The van der Waals surface area contributed by atoms with E-state index in [2.05, 4.69) is 26.1 Å². The van der Waals surface area contributed by atoms with Crippen LogP contribution in [0.15, 0.2) is 62.6 Å². The molecular weight excluding hydrogens is 388 g/mol. The third-order valence-electron chi connectivity index (χ3n) is 3.56. The second-order valence-electron chi connectivity index (χ2n) is 5.32. The molecule has 0 fully saturated rings. The summed E-state index contributed by atoms with van der Waals surface area (Å²) < 4.78 is 6.65. The van der Waals surface area contributed by atoms with Crippen LogP contribution < -0.4 is 0 Å². The van der Waals surface area contributed by atoms with Crippen molar-refractivity contribution in [1.29, 1.82) is 0 Å². The van der Waals surface area contributed by atoms with E-state index in [9.17, 15) is 4.79 Å². The van der Waals surface area contributed by atoms with Gasteiger partial charge in [-0.2, -0.15) is 0 Å². The number of hydrogen-bond donors (Lipinski definition) is 0. The van der Waals surface area contributed by atoms with Crippen molar-refractivity contribution in [2.75, 3.05) is 0 Å². The molecule has 24 heavy (non-hydrogen) atoms. The summed E-state index contributed by atoms with van der Waals surface area (Å²) in [6.45, 7) is 3.83. The van der Waals surface area contributed by atoms with Crippen molar-refractivity contribution >= 4 is 33.5 Å². The fraction of sp³-hybridized carbons (Fsp3) is 0.167. The summed E-state index contributed by atoms with van der Waals surface area (Å²) in [7, 11) is 0. The number of carbonyl (C=O) groups excluding carboxylic acids is 1. The van der Waals surface area contributed by atoms with Crippen LogP contribution in [0.2, 0.25) is 0 Å². The van der Waals surface area contributed by atoms with Gasteiger partial charge >= 0.3 is 0 Å². The number of carbonyl (C=O) groups is 1. The Bertz CT molecular complexity index is 861. The summed E-state index contributed by atoms with van der Waals surface area (Å²) in [6, 6.07) is 15.1. The van der Waals surface area contributed by atoms with Crippen molar-refractivity contribution in [1.82, 2.24) is 10.2 Å². The number of nitrogens with zero attached hydrogens (tertiary/aromatic N) is 2. The highest BCUT2D eigenvalue weighted by atomic mass is 79.9. The van der Waals surface area contributed by atoms with Gasteiger partial charge in [-0.25, -0.2) is 0 Å². The van der Waals surface area contributed by atoms with Crippen LogP contribution >= 0.6 is 27.7 Å². The topological polar surface area (TPSA) is 56.0 Å². The zero-order chi connectivity index (χ0) is 17.1. The Balaban J connectivity index is 1.73. The van der Waals surface area contributed by atoms with E-state index in [1.54, 1.807) is 12.1 Å². The van der Waals surface area contributed by atoms with Crippen molar-refractivity contribution in [3.63, 3.8) is 0 Å². The minimum absolute atomic E-state index is 0.0307. The van der Waals surface area contributed by atoms with Gasteiger partial charge in [0.2, 0.25) is 5.89 Å². The van der Waals surface area contributed by atoms with Gasteiger partial charge in [0, 0.05) is 15.6 Å². The Labute approximate surface area is 152 Å². The van der Waals surface area contributed by atoms with Gasteiger partial charge in [0.15, 0.2) is 5.78 Å². The molecule has 0 bridgehead atoms. The van der Waals surface area contributed by atoms with Gasteiger partial charge in [0.05, 0.1) is 5.25 Å². The molecule has 0 amide bonds. The van der Waals surface area contributed by atoms with Crippen LogP contribution in [0.4, 0.5) is 0 Å². The van der Waals surface area contributed by atoms with E-state index in [1.807, 2.05) is 50.2 Å².